The Balaban J connectivity index is 1.30. The van der Waals surface area contributed by atoms with Gasteiger partial charge in [-0.3, -0.25) is 4.90 Å². The van der Waals surface area contributed by atoms with Gasteiger partial charge in [0.1, 0.15) is 0 Å². The fourth-order valence-electron chi connectivity index (χ4n) is 4.30. The summed E-state index contributed by atoms with van der Waals surface area (Å²) in [5.74, 6) is 1.15. The standard InChI is InChI=1S/C25H33N5O3S/c1-19(2)34(31,32)18-20-6-4-7-22(14-20)21-10-12-29(13-11-21)15-24-17-30(28-27-24)16-23-8-5-9-25(26-23)33-3/h4-9,14,17,19,21H,10-13,15-16,18H2,1-3H3. The van der Waals surface area contributed by atoms with E-state index >= 15 is 0 Å². The van der Waals surface area contributed by atoms with Crippen molar-refractivity contribution in [2.75, 3.05) is 20.2 Å². The van der Waals surface area contributed by atoms with Gasteiger partial charge in [-0.25, -0.2) is 18.1 Å². The number of piperidine rings is 1. The molecule has 34 heavy (non-hydrogen) atoms. The van der Waals surface area contributed by atoms with E-state index in [1.54, 1.807) is 25.6 Å². The first kappa shape index (κ1) is 24.3. The normalized spacial score (nSPS) is 15.6. The summed E-state index contributed by atoms with van der Waals surface area (Å²) in [6, 6.07) is 13.8. The Morgan fingerprint density at radius 2 is 1.82 bits per heavy atom. The summed E-state index contributed by atoms with van der Waals surface area (Å²) in [5, 5.41) is 8.24. The van der Waals surface area contributed by atoms with Crippen LogP contribution >= 0.6 is 0 Å². The van der Waals surface area contributed by atoms with Crippen molar-refractivity contribution in [1.82, 2.24) is 24.9 Å². The lowest BCUT2D eigenvalue weighted by Crippen LogP contribution is -2.32. The van der Waals surface area contributed by atoms with Crippen LogP contribution in [0.25, 0.3) is 0 Å². The zero-order valence-electron chi connectivity index (χ0n) is 20.1. The van der Waals surface area contributed by atoms with E-state index in [0.717, 1.165) is 49.4 Å². The quantitative estimate of drug-likeness (QED) is 0.460. The molecular formula is C25H33N5O3S. The van der Waals surface area contributed by atoms with Crippen molar-refractivity contribution in [1.29, 1.82) is 0 Å². The Bertz CT molecular complexity index is 1200. The number of ether oxygens (including phenoxy) is 1. The first-order valence-corrected chi connectivity index (χ1v) is 13.5. The summed E-state index contributed by atoms with van der Waals surface area (Å²) in [5.41, 5.74) is 3.95. The van der Waals surface area contributed by atoms with E-state index < -0.39 is 9.84 Å². The van der Waals surface area contributed by atoms with E-state index in [-0.39, 0.29) is 11.0 Å². The van der Waals surface area contributed by atoms with Gasteiger partial charge in [0.15, 0.2) is 9.84 Å². The smallest absolute Gasteiger partial charge is 0.213 e. The van der Waals surface area contributed by atoms with Crippen LogP contribution in [0, 0.1) is 0 Å². The van der Waals surface area contributed by atoms with Gasteiger partial charge < -0.3 is 4.74 Å². The SMILES string of the molecule is COc1cccc(Cn2cc(CN3CCC(c4cccc(CS(=O)(=O)C(C)C)c4)CC3)nn2)n1. The lowest BCUT2D eigenvalue weighted by molar-refractivity contribution is 0.202. The van der Waals surface area contributed by atoms with Crippen LogP contribution in [0.1, 0.15) is 55.1 Å². The summed E-state index contributed by atoms with van der Waals surface area (Å²) in [6.45, 7) is 6.75. The van der Waals surface area contributed by atoms with Gasteiger partial charge in [-0.15, -0.1) is 5.10 Å². The molecule has 8 nitrogen and oxygen atoms in total. The minimum Gasteiger partial charge on any atom is -0.481 e. The second kappa shape index (κ2) is 10.7. The monoisotopic (exact) mass is 483 g/mol. The lowest BCUT2D eigenvalue weighted by atomic mass is 9.88. The first-order chi connectivity index (χ1) is 16.3. The van der Waals surface area contributed by atoms with Crippen molar-refractivity contribution in [2.24, 2.45) is 0 Å². The molecule has 182 valence electrons. The average Bonchev–Trinajstić information content (AvgIpc) is 3.26. The molecule has 1 aliphatic rings. The molecule has 0 radical (unpaired) electrons. The molecule has 4 rings (SSSR count). The predicted octanol–water partition coefficient (Wildman–Crippen LogP) is 3.43. The van der Waals surface area contributed by atoms with E-state index in [1.165, 1.54) is 5.56 Å². The Morgan fingerprint density at radius 3 is 2.56 bits per heavy atom. The molecule has 0 N–H and O–H groups in total. The number of pyridine rings is 1. The predicted molar refractivity (Wildman–Crippen MR) is 131 cm³/mol. The van der Waals surface area contributed by atoms with Gasteiger partial charge >= 0.3 is 0 Å². The minimum absolute atomic E-state index is 0.109. The van der Waals surface area contributed by atoms with Crippen molar-refractivity contribution in [3.8, 4) is 5.88 Å². The number of sulfone groups is 1. The third-order valence-corrected chi connectivity index (χ3v) is 8.55. The van der Waals surface area contributed by atoms with Gasteiger partial charge in [-0.05, 0) is 62.9 Å². The van der Waals surface area contributed by atoms with E-state index in [4.69, 9.17) is 4.74 Å². The van der Waals surface area contributed by atoms with Gasteiger partial charge in [0.25, 0.3) is 0 Å². The summed E-state index contributed by atoms with van der Waals surface area (Å²) < 4.78 is 31.6. The summed E-state index contributed by atoms with van der Waals surface area (Å²) in [7, 11) is -1.49. The highest BCUT2D eigenvalue weighted by atomic mass is 32.2. The number of rotatable bonds is 9. The number of hydrogen-bond donors (Lipinski definition) is 0. The highest BCUT2D eigenvalue weighted by Gasteiger charge is 2.23. The van der Waals surface area contributed by atoms with Crippen molar-refractivity contribution in [3.05, 3.63) is 71.2 Å². The van der Waals surface area contributed by atoms with Gasteiger partial charge in [-0.2, -0.15) is 0 Å². The zero-order valence-corrected chi connectivity index (χ0v) is 20.9. The minimum atomic E-state index is -3.10. The Hall–Kier alpha value is -2.78. The van der Waals surface area contributed by atoms with E-state index in [2.05, 4.69) is 32.3 Å². The molecule has 3 heterocycles. The Labute approximate surface area is 201 Å². The van der Waals surface area contributed by atoms with Crippen LogP contribution in [-0.4, -0.2) is 58.7 Å². The molecule has 1 saturated heterocycles. The third-order valence-electron chi connectivity index (χ3n) is 6.38. The van der Waals surface area contributed by atoms with Crippen LogP contribution in [0.3, 0.4) is 0 Å². The van der Waals surface area contributed by atoms with Crippen LogP contribution in [0.2, 0.25) is 0 Å². The number of aromatic nitrogens is 4. The van der Waals surface area contributed by atoms with Gasteiger partial charge in [0.05, 0.1) is 42.2 Å². The van der Waals surface area contributed by atoms with Crippen LogP contribution in [0.4, 0.5) is 0 Å². The molecular weight excluding hydrogens is 450 g/mol. The molecule has 0 atom stereocenters. The van der Waals surface area contributed by atoms with Crippen LogP contribution < -0.4 is 4.74 Å². The van der Waals surface area contributed by atoms with Gasteiger partial charge in [-0.1, -0.05) is 35.5 Å². The molecule has 3 aromatic rings. The van der Waals surface area contributed by atoms with Gasteiger partial charge in [0.2, 0.25) is 5.88 Å². The second-order valence-electron chi connectivity index (χ2n) is 9.23. The number of benzene rings is 1. The third kappa shape index (κ3) is 6.21. The maximum atomic E-state index is 12.3. The van der Waals surface area contributed by atoms with Gasteiger partial charge in [0, 0.05) is 12.6 Å². The van der Waals surface area contributed by atoms with Crippen LogP contribution in [0.5, 0.6) is 5.88 Å². The highest BCUT2D eigenvalue weighted by Crippen LogP contribution is 2.29. The molecule has 0 unspecified atom stereocenters. The highest BCUT2D eigenvalue weighted by molar-refractivity contribution is 7.91. The topological polar surface area (TPSA) is 90.2 Å². The number of likely N-dealkylation sites (tertiary alicyclic amines) is 1. The maximum Gasteiger partial charge on any atom is 0.213 e. The summed E-state index contributed by atoms with van der Waals surface area (Å²) in [6.07, 6.45) is 4.07. The summed E-state index contributed by atoms with van der Waals surface area (Å²) in [4.78, 5) is 6.83. The van der Waals surface area contributed by atoms with E-state index in [1.807, 2.05) is 36.5 Å². The first-order valence-electron chi connectivity index (χ1n) is 11.7. The van der Waals surface area contributed by atoms with Crippen molar-refractivity contribution in [3.63, 3.8) is 0 Å². The number of nitrogens with zero attached hydrogens (tertiary/aromatic N) is 5. The molecule has 0 bridgehead atoms. The number of hydrogen-bond acceptors (Lipinski definition) is 7. The molecule has 0 spiro atoms. The molecule has 1 fully saturated rings. The fraction of sp³-hybridized carbons (Fsp3) is 0.480. The number of methoxy groups -OCH3 is 1. The molecule has 1 aromatic carbocycles. The zero-order chi connectivity index (χ0) is 24.1. The molecule has 0 amide bonds. The van der Waals surface area contributed by atoms with Crippen molar-refractivity contribution >= 4 is 9.84 Å². The lowest BCUT2D eigenvalue weighted by Gasteiger charge is -2.31. The molecule has 0 saturated carbocycles. The Kier molecular flexibility index (Phi) is 7.63. The molecule has 1 aliphatic heterocycles. The molecule has 2 aromatic heterocycles. The van der Waals surface area contributed by atoms with Crippen molar-refractivity contribution in [2.45, 2.75) is 56.7 Å². The second-order valence-corrected chi connectivity index (χ2v) is 11.8. The molecule has 9 heteroatoms. The molecule has 0 aliphatic carbocycles. The largest absolute Gasteiger partial charge is 0.481 e. The summed E-state index contributed by atoms with van der Waals surface area (Å²) >= 11 is 0. The van der Waals surface area contributed by atoms with Crippen LogP contribution in [0.15, 0.2) is 48.7 Å². The average molecular weight is 484 g/mol. The van der Waals surface area contributed by atoms with E-state index in [0.29, 0.717) is 18.3 Å². The van der Waals surface area contributed by atoms with Crippen molar-refractivity contribution < 1.29 is 13.2 Å². The fourth-order valence-corrected chi connectivity index (χ4v) is 5.28. The van der Waals surface area contributed by atoms with E-state index in [9.17, 15) is 8.42 Å². The maximum absolute atomic E-state index is 12.3. The van der Waals surface area contributed by atoms with Crippen LogP contribution in [-0.2, 0) is 28.7 Å². The Morgan fingerprint density at radius 1 is 1.06 bits per heavy atom.